The van der Waals surface area contributed by atoms with Crippen LogP contribution in [0.25, 0.3) is 0 Å². The van der Waals surface area contributed by atoms with E-state index in [0.29, 0.717) is 52.4 Å². The number of rotatable bonds is 10. The largest absolute Gasteiger partial charge is 0.492 e. The fraction of sp³-hybridized carbons (Fsp3) is 0.565. The van der Waals surface area contributed by atoms with Crippen LogP contribution in [0.2, 0.25) is 0 Å². The standard InChI is InChI=1S/C23H35N5O4S/c1-5-13-27-18-19(23(29)25(6-2)7-3)22(24-27)33(30,31)28-16-14-26(15-17-28)20-11-9-10-12-21(20)32-8-4/h9-12,18H,5-8,13-17H2,1-4H3. The maximum absolute atomic E-state index is 13.6. The number of nitrogens with zero attached hydrogens (tertiary/aromatic N) is 5. The van der Waals surface area contributed by atoms with Gasteiger partial charge in [0.25, 0.3) is 15.9 Å². The van der Waals surface area contributed by atoms with E-state index in [9.17, 15) is 13.2 Å². The van der Waals surface area contributed by atoms with E-state index in [-0.39, 0.29) is 16.5 Å². The van der Waals surface area contributed by atoms with E-state index in [4.69, 9.17) is 4.74 Å². The summed E-state index contributed by atoms with van der Waals surface area (Å²) in [5, 5.41) is 4.20. The van der Waals surface area contributed by atoms with Gasteiger partial charge in [0, 0.05) is 52.0 Å². The molecule has 0 radical (unpaired) electrons. The summed E-state index contributed by atoms with van der Waals surface area (Å²) in [7, 11) is -3.92. The first kappa shape index (κ1) is 25.0. The average molecular weight is 478 g/mol. The lowest BCUT2D eigenvalue weighted by atomic mass is 10.2. The smallest absolute Gasteiger partial charge is 0.263 e. The van der Waals surface area contributed by atoms with Crippen molar-refractivity contribution in [2.24, 2.45) is 0 Å². The highest BCUT2D eigenvalue weighted by atomic mass is 32.2. The van der Waals surface area contributed by atoms with Crippen LogP contribution in [0.1, 0.15) is 44.5 Å². The molecule has 1 aromatic heterocycles. The highest BCUT2D eigenvalue weighted by Gasteiger charge is 2.36. The SMILES string of the molecule is CCCn1cc(C(=O)N(CC)CC)c(S(=O)(=O)N2CCN(c3ccccc3OCC)CC2)n1. The zero-order chi connectivity index (χ0) is 24.0. The molecule has 182 valence electrons. The van der Waals surface area contributed by atoms with E-state index >= 15 is 0 Å². The molecule has 33 heavy (non-hydrogen) atoms. The van der Waals surface area contributed by atoms with Gasteiger partial charge >= 0.3 is 0 Å². The van der Waals surface area contributed by atoms with Crippen LogP contribution < -0.4 is 9.64 Å². The second-order valence-electron chi connectivity index (χ2n) is 7.88. The zero-order valence-corrected chi connectivity index (χ0v) is 20.8. The second kappa shape index (κ2) is 11.0. The monoisotopic (exact) mass is 477 g/mol. The summed E-state index contributed by atoms with van der Waals surface area (Å²) in [6.07, 6.45) is 2.36. The van der Waals surface area contributed by atoms with Crippen LogP contribution in [0.3, 0.4) is 0 Å². The van der Waals surface area contributed by atoms with Crippen LogP contribution in [0.5, 0.6) is 5.75 Å². The summed E-state index contributed by atoms with van der Waals surface area (Å²) in [5.74, 6) is 0.493. The van der Waals surface area contributed by atoms with Gasteiger partial charge in [-0.3, -0.25) is 9.48 Å². The predicted octanol–water partition coefficient (Wildman–Crippen LogP) is 2.68. The first-order valence-corrected chi connectivity index (χ1v) is 13.1. The van der Waals surface area contributed by atoms with Crippen LogP contribution in [0.4, 0.5) is 5.69 Å². The Morgan fingerprint density at radius 3 is 2.33 bits per heavy atom. The molecule has 0 N–H and O–H groups in total. The van der Waals surface area contributed by atoms with Crippen LogP contribution in [-0.2, 0) is 16.6 Å². The highest BCUT2D eigenvalue weighted by Crippen LogP contribution is 2.30. The Kier molecular flexibility index (Phi) is 8.36. The second-order valence-corrected chi connectivity index (χ2v) is 9.73. The van der Waals surface area contributed by atoms with Gasteiger partial charge in [-0.25, -0.2) is 8.42 Å². The van der Waals surface area contributed by atoms with Gasteiger partial charge in [0.15, 0.2) is 0 Å². The van der Waals surface area contributed by atoms with Gasteiger partial charge in [0.1, 0.15) is 5.75 Å². The van der Waals surface area contributed by atoms with Gasteiger partial charge in [-0.05, 0) is 39.3 Å². The Bertz CT molecular complexity index is 1040. The van der Waals surface area contributed by atoms with Crippen molar-refractivity contribution in [1.29, 1.82) is 0 Å². The molecule has 1 aliphatic heterocycles. The van der Waals surface area contributed by atoms with E-state index in [1.54, 1.807) is 15.8 Å². The first-order chi connectivity index (χ1) is 15.9. The number of carbonyl (C=O) groups is 1. The number of benzene rings is 1. The van der Waals surface area contributed by atoms with Crippen LogP contribution in [-0.4, -0.2) is 79.2 Å². The van der Waals surface area contributed by atoms with Crippen molar-refractivity contribution in [1.82, 2.24) is 19.0 Å². The van der Waals surface area contributed by atoms with Crippen molar-refractivity contribution in [3.8, 4) is 5.75 Å². The van der Waals surface area contributed by atoms with E-state index in [0.717, 1.165) is 17.9 Å². The van der Waals surface area contributed by atoms with E-state index in [1.165, 1.54) is 4.31 Å². The first-order valence-electron chi connectivity index (χ1n) is 11.7. The van der Waals surface area contributed by atoms with Gasteiger partial charge in [0.2, 0.25) is 5.03 Å². The molecule has 2 heterocycles. The van der Waals surface area contributed by atoms with Gasteiger partial charge in [-0.15, -0.1) is 0 Å². The number of hydrogen-bond donors (Lipinski definition) is 0. The molecule has 1 aliphatic rings. The molecule has 0 spiro atoms. The lowest BCUT2D eigenvalue weighted by Gasteiger charge is -2.35. The Morgan fingerprint density at radius 2 is 1.73 bits per heavy atom. The molecule has 0 atom stereocenters. The summed E-state index contributed by atoms with van der Waals surface area (Å²) < 4.78 is 35.9. The number of para-hydroxylation sites is 2. The maximum Gasteiger partial charge on any atom is 0.263 e. The summed E-state index contributed by atoms with van der Waals surface area (Å²) in [4.78, 5) is 16.8. The van der Waals surface area contributed by atoms with Gasteiger partial charge in [0.05, 0.1) is 17.9 Å². The van der Waals surface area contributed by atoms with Crippen molar-refractivity contribution in [3.63, 3.8) is 0 Å². The predicted molar refractivity (Wildman–Crippen MR) is 128 cm³/mol. The Balaban J connectivity index is 1.84. The van der Waals surface area contributed by atoms with Crippen LogP contribution in [0.15, 0.2) is 35.5 Å². The number of anilines is 1. The molecule has 0 aliphatic carbocycles. The van der Waals surface area contributed by atoms with Gasteiger partial charge in [-0.1, -0.05) is 19.1 Å². The Labute approximate surface area is 197 Å². The molecule has 0 unspecified atom stereocenters. The topological polar surface area (TPSA) is 88.0 Å². The minimum Gasteiger partial charge on any atom is -0.492 e. The molecule has 0 saturated carbocycles. The molecule has 3 rings (SSSR count). The zero-order valence-electron chi connectivity index (χ0n) is 20.0. The lowest BCUT2D eigenvalue weighted by Crippen LogP contribution is -2.49. The average Bonchev–Trinajstić information content (AvgIpc) is 3.26. The Morgan fingerprint density at radius 1 is 1.06 bits per heavy atom. The minimum atomic E-state index is -3.92. The van der Waals surface area contributed by atoms with E-state index in [1.807, 2.05) is 52.0 Å². The van der Waals surface area contributed by atoms with Crippen molar-refractivity contribution >= 4 is 21.6 Å². The maximum atomic E-state index is 13.6. The number of sulfonamides is 1. The summed E-state index contributed by atoms with van der Waals surface area (Å²) in [6.45, 7) is 11.5. The fourth-order valence-electron chi connectivity index (χ4n) is 4.05. The third-order valence-electron chi connectivity index (χ3n) is 5.79. The van der Waals surface area contributed by atoms with Crippen molar-refractivity contribution in [3.05, 3.63) is 36.0 Å². The molecule has 9 nitrogen and oxygen atoms in total. The number of piperazine rings is 1. The molecule has 1 amide bonds. The molecule has 1 fully saturated rings. The highest BCUT2D eigenvalue weighted by molar-refractivity contribution is 7.89. The van der Waals surface area contributed by atoms with Gasteiger partial charge in [-0.2, -0.15) is 9.40 Å². The third-order valence-corrected chi connectivity index (χ3v) is 7.63. The van der Waals surface area contributed by atoms with Crippen LogP contribution >= 0.6 is 0 Å². The van der Waals surface area contributed by atoms with Crippen molar-refractivity contribution in [2.45, 2.75) is 45.7 Å². The van der Waals surface area contributed by atoms with Crippen molar-refractivity contribution < 1.29 is 17.9 Å². The number of amides is 1. The van der Waals surface area contributed by atoms with Gasteiger partial charge < -0.3 is 14.5 Å². The number of carbonyl (C=O) groups excluding carboxylic acids is 1. The quantitative estimate of drug-likeness (QED) is 0.523. The summed E-state index contributed by atoms with van der Waals surface area (Å²) in [6, 6.07) is 7.79. The molecule has 1 aromatic carbocycles. The molecular formula is C23H35N5O4S. The number of aryl methyl sites for hydroxylation is 1. The molecule has 0 bridgehead atoms. The summed E-state index contributed by atoms with van der Waals surface area (Å²) in [5.41, 5.74) is 1.11. The molecule has 1 saturated heterocycles. The lowest BCUT2D eigenvalue weighted by molar-refractivity contribution is 0.0769. The normalized spacial score (nSPS) is 15.0. The fourth-order valence-corrected chi connectivity index (χ4v) is 5.57. The number of ether oxygens (including phenoxy) is 1. The number of aromatic nitrogens is 2. The molecular weight excluding hydrogens is 442 g/mol. The van der Waals surface area contributed by atoms with Crippen molar-refractivity contribution in [2.75, 3.05) is 50.8 Å². The Hall–Kier alpha value is -2.59. The number of hydrogen-bond acceptors (Lipinski definition) is 6. The molecule has 10 heteroatoms. The van der Waals surface area contributed by atoms with E-state index in [2.05, 4.69) is 10.00 Å². The summed E-state index contributed by atoms with van der Waals surface area (Å²) >= 11 is 0. The third kappa shape index (κ3) is 5.33. The molecule has 2 aromatic rings. The van der Waals surface area contributed by atoms with Crippen LogP contribution in [0, 0.1) is 0 Å². The van der Waals surface area contributed by atoms with E-state index < -0.39 is 10.0 Å². The minimum absolute atomic E-state index is 0.143.